The van der Waals surface area contributed by atoms with Crippen LogP contribution >= 0.6 is 11.3 Å². The molecular formula is C11H10FNOS. The van der Waals surface area contributed by atoms with E-state index in [0.717, 1.165) is 4.70 Å². The summed E-state index contributed by atoms with van der Waals surface area (Å²) in [6.07, 6.45) is 0. The molecule has 0 saturated carbocycles. The molecule has 0 aliphatic rings. The highest BCUT2D eigenvalue weighted by atomic mass is 32.1. The van der Waals surface area contributed by atoms with Gasteiger partial charge in [0.2, 0.25) is 0 Å². The topological polar surface area (TPSA) is 29.1 Å². The zero-order valence-corrected chi connectivity index (χ0v) is 9.24. The van der Waals surface area contributed by atoms with Crippen LogP contribution in [-0.4, -0.2) is 13.0 Å². The molecule has 0 spiro atoms. The van der Waals surface area contributed by atoms with Gasteiger partial charge < -0.3 is 5.32 Å². The molecule has 1 N–H and O–H groups in total. The number of thiophene rings is 1. The van der Waals surface area contributed by atoms with Crippen LogP contribution in [0.15, 0.2) is 18.2 Å². The first-order chi connectivity index (χ1) is 7.15. The fraction of sp³-hybridized carbons (Fsp3) is 0.182. The lowest BCUT2D eigenvalue weighted by atomic mass is 10.1. The van der Waals surface area contributed by atoms with Crippen molar-refractivity contribution in [3.8, 4) is 0 Å². The van der Waals surface area contributed by atoms with Crippen molar-refractivity contribution < 1.29 is 9.18 Å². The van der Waals surface area contributed by atoms with Gasteiger partial charge in [0, 0.05) is 17.1 Å². The molecule has 15 heavy (non-hydrogen) atoms. The summed E-state index contributed by atoms with van der Waals surface area (Å²) in [5.41, 5.74) is 0.715. The van der Waals surface area contributed by atoms with Gasteiger partial charge in [-0.2, -0.15) is 0 Å². The van der Waals surface area contributed by atoms with Crippen LogP contribution in [0.2, 0.25) is 0 Å². The average Bonchev–Trinajstić information content (AvgIpc) is 2.56. The minimum absolute atomic E-state index is 0.159. The van der Waals surface area contributed by atoms with E-state index in [9.17, 15) is 9.18 Å². The summed E-state index contributed by atoms with van der Waals surface area (Å²) < 4.78 is 14.3. The Kier molecular flexibility index (Phi) is 2.44. The largest absolute Gasteiger partial charge is 0.354 e. The molecule has 1 aromatic heterocycles. The maximum Gasteiger partial charge on any atom is 0.261 e. The second-order valence-corrected chi connectivity index (χ2v) is 4.30. The summed E-state index contributed by atoms with van der Waals surface area (Å²) in [7, 11) is 1.57. The Morgan fingerprint density at radius 3 is 2.80 bits per heavy atom. The molecule has 0 atom stereocenters. The van der Waals surface area contributed by atoms with Crippen LogP contribution in [-0.2, 0) is 0 Å². The molecule has 2 aromatic rings. The summed E-state index contributed by atoms with van der Waals surface area (Å²) in [4.78, 5) is 12.1. The number of rotatable bonds is 1. The van der Waals surface area contributed by atoms with Crippen molar-refractivity contribution in [2.24, 2.45) is 0 Å². The summed E-state index contributed by atoms with van der Waals surface area (Å²) in [6.45, 7) is 1.77. The summed E-state index contributed by atoms with van der Waals surface area (Å²) in [6, 6.07) is 4.89. The third kappa shape index (κ3) is 1.51. The Labute approximate surface area is 90.7 Å². The van der Waals surface area contributed by atoms with E-state index >= 15 is 0 Å². The molecular weight excluding hydrogens is 213 g/mol. The van der Waals surface area contributed by atoms with E-state index in [-0.39, 0.29) is 11.7 Å². The van der Waals surface area contributed by atoms with E-state index in [1.807, 2.05) is 6.07 Å². The number of hydrogen-bond acceptors (Lipinski definition) is 2. The van der Waals surface area contributed by atoms with Crippen LogP contribution < -0.4 is 5.32 Å². The summed E-state index contributed by atoms with van der Waals surface area (Å²) in [5, 5.41) is 3.11. The standard InChI is InChI=1S/C11H10FNOS/c1-6-9-7(12)4-3-5-8(9)15-10(6)11(14)13-2/h3-5H,1-2H3,(H,13,14). The lowest BCUT2D eigenvalue weighted by Gasteiger charge is -1.96. The predicted molar refractivity (Wildman–Crippen MR) is 59.9 cm³/mol. The number of carbonyl (C=O) groups is 1. The highest BCUT2D eigenvalue weighted by Crippen LogP contribution is 2.32. The number of hydrogen-bond donors (Lipinski definition) is 1. The first-order valence-corrected chi connectivity index (χ1v) is 5.36. The zero-order valence-electron chi connectivity index (χ0n) is 8.43. The van der Waals surface area contributed by atoms with Gasteiger partial charge in [-0.15, -0.1) is 11.3 Å². The molecule has 78 valence electrons. The molecule has 2 nitrogen and oxygen atoms in total. The number of aryl methyl sites for hydroxylation is 1. The molecule has 0 radical (unpaired) electrons. The van der Waals surface area contributed by atoms with Crippen LogP contribution in [0.25, 0.3) is 10.1 Å². The molecule has 1 aromatic carbocycles. The Morgan fingerprint density at radius 1 is 1.47 bits per heavy atom. The molecule has 0 saturated heterocycles. The third-order valence-electron chi connectivity index (χ3n) is 2.34. The zero-order chi connectivity index (χ0) is 11.0. The highest BCUT2D eigenvalue weighted by Gasteiger charge is 2.16. The van der Waals surface area contributed by atoms with Gasteiger partial charge in [-0.25, -0.2) is 4.39 Å². The van der Waals surface area contributed by atoms with Crippen LogP contribution in [0.3, 0.4) is 0 Å². The van der Waals surface area contributed by atoms with Gasteiger partial charge in [-0.05, 0) is 24.6 Å². The van der Waals surface area contributed by atoms with Gasteiger partial charge in [0.25, 0.3) is 5.91 Å². The molecule has 2 rings (SSSR count). The number of amides is 1. The van der Waals surface area contributed by atoms with Crippen molar-refractivity contribution in [3.05, 3.63) is 34.5 Å². The van der Waals surface area contributed by atoms with E-state index < -0.39 is 0 Å². The Morgan fingerprint density at radius 2 is 2.20 bits per heavy atom. The Bertz CT molecular complexity index is 533. The van der Waals surface area contributed by atoms with Gasteiger partial charge in [0.1, 0.15) is 5.82 Å². The highest BCUT2D eigenvalue weighted by molar-refractivity contribution is 7.21. The smallest absolute Gasteiger partial charge is 0.261 e. The fourth-order valence-electron chi connectivity index (χ4n) is 1.58. The Hall–Kier alpha value is -1.42. The van der Waals surface area contributed by atoms with Crippen molar-refractivity contribution in [1.82, 2.24) is 5.32 Å². The van der Waals surface area contributed by atoms with Gasteiger partial charge in [-0.1, -0.05) is 6.07 Å². The van der Waals surface area contributed by atoms with Gasteiger partial charge >= 0.3 is 0 Å². The van der Waals surface area contributed by atoms with Crippen LogP contribution in [0, 0.1) is 12.7 Å². The monoisotopic (exact) mass is 223 g/mol. The molecule has 4 heteroatoms. The molecule has 0 fully saturated rings. The van der Waals surface area contributed by atoms with Crippen molar-refractivity contribution in [2.75, 3.05) is 7.05 Å². The first-order valence-electron chi connectivity index (χ1n) is 4.55. The van der Waals surface area contributed by atoms with Crippen molar-refractivity contribution in [2.45, 2.75) is 6.92 Å². The maximum atomic E-state index is 13.5. The quantitative estimate of drug-likeness (QED) is 0.791. The van der Waals surface area contributed by atoms with E-state index in [2.05, 4.69) is 5.32 Å². The van der Waals surface area contributed by atoms with E-state index in [1.54, 1.807) is 20.0 Å². The third-order valence-corrected chi connectivity index (χ3v) is 3.59. The molecule has 1 heterocycles. The fourth-order valence-corrected chi connectivity index (χ4v) is 2.75. The summed E-state index contributed by atoms with van der Waals surface area (Å²) in [5.74, 6) is -0.426. The second-order valence-electron chi connectivity index (χ2n) is 3.25. The van der Waals surface area contributed by atoms with Gasteiger partial charge in [-0.3, -0.25) is 4.79 Å². The minimum Gasteiger partial charge on any atom is -0.354 e. The van der Waals surface area contributed by atoms with Crippen molar-refractivity contribution in [1.29, 1.82) is 0 Å². The average molecular weight is 223 g/mol. The number of halogens is 1. The van der Waals surface area contributed by atoms with E-state index in [4.69, 9.17) is 0 Å². The predicted octanol–water partition coefficient (Wildman–Crippen LogP) is 2.71. The molecule has 0 aliphatic carbocycles. The molecule has 1 amide bonds. The lowest BCUT2D eigenvalue weighted by molar-refractivity contribution is 0.0966. The normalized spacial score (nSPS) is 10.6. The first kappa shape index (κ1) is 10.1. The van der Waals surface area contributed by atoms with Crippen molar-refractivity contribution >= 4 is 27.3 Å². The van der Waals surface area contributed by atoms with E-state index in [1.165, 1.54) is 17.4 Å². The number of nitrogens with one attached hydrogen (secondary N) is 1. The van der Waals surface area contributed by atoms with Gasteiger partial charge in [0.05, 0.1) is 4.88 Å². The second kappa shape index (κ2) is 3.62. The Balaban J connectivity index is 2.75. The maximum absolute atomic E-state index is 13.5. The number of benzene rings is 1. The van der Waals surface area contributed by atoms with E-state index in [0.29, 0.717) is 15.8 Å². The molecule has 0 aliphatic heterocycles. The van der Waals surface area contributed by atoms with Crippen molar-refractivity contribution in [3.63, 3.8) is 0 Å². The van der Waals surface area contributed by atoms with Gasteiger partial charge in [0.15, 0.2) is 0 Å². The lowest BCUT2D eigenvalue weighted by Crippen LogP contribution is -2.17. The van der Waals surface area contributed by atoms with Crippen LogP contribution in [0.1, 0.15) is 15.2 Å². The minimum atomic E-state index is -0.267. The SMILES string of the molecule is CNC(=O)c1sc2cccc(F)c2c1C. The molecule has 0 unspecified atom stereocenters. The van der Waals surface area contributed by atoms with Crippen LogP contribution in [0.4, 0.5) is 4.39 Å². The summed E-state index contributed by atoms with van der Waals surface area (Å²) >= 11 is 1.32. The van der Waals surface area contributed by atoms with Crippen LogP contribution in [0.5, 0.6) is 0 Å². The molecule has 0 bridgehead atoms. The number of carbonyl (C=O) groups excluding carboxylic acids is 1. The number of fused-ring (bicyclic) bond motifs is 1.